The Kier molecular flexibility index (Phi) is 5.47. The molecule has 1 heterocycles. The van der Waals surface area contributed by atoms with Crippen molar-refractivity contribution >= 4 is 23.2 Å². The van der Waals surface area contributed by atoms with E-state index in [-0.39, 0.29) is 17.6 Å². The van der Waals surface area contributed by atoms with Crippen LogP contribution in [0, 0.1) is 6.92 Å². The normalized spacial score (nSPS) is 11.1. The van der Waals surface area contributed by atoms with Gasteiger partial charge in [0.2, 0.25) is 0 Å². The maximum absolute atomic E-state index is 12.1. The quantitative estimate of drug-likeness (QED) is 0.532. The number of furan rings is 1. The fourth-order valence-corrected chi connectivity index (χ4v) is 2.36. The highest BCUT2D eigenvalue weighted by atomic mass is 16.3. The Morgan fingerprint density at radius 3 is 2.19 bits per heavy atom. The van der Waals surface area contributed by atoms with Gasteiger partial charge in [-0.15, -0.1) is 0 Å². The zero-order valence-corrected chi connectivity index (χ0v) is 15.0. The van der Waals surface area contributed by atoms with Crippen molar-refractivity contribution in [2.45, 2.75) is 13.8 Å². The number of benzene rings is 2. The summed E-state index contributed by atoms with van der Waals surface area (Å²) in [6.07, 6.45) is 1.45. The lowest BCUT2D eigenvalue weighted by Crippen LogP contribution is -2.19. The monoisotopic (exact) mass is 361 g/mol. The minimum atomic E-state index is -0.316. The summed E-state index contributed by atoms with van der Waals surface area (Å²) < 4.78 is 5.06. The third kappa shape index (κ3) is 4.70. The average Bonchev–Trinajstić information content (AvgIpc) is 3.22. The first-order valence-corrected chi connectivity index (χ1v) is 8.39. The van der Waals surface area contributed by atoms with Gasteiger partial charge in [-0.2, -0.15) is 5.10 Å². The van der Waals surface area contributed by atoms with Crippen molar-refractivity contribution in [2.75, 3.05) is 5.32 Å². The molecule has 1 aromatic heterocycles. The molecule has 2 amide bonds. The third-order valence-electron chi connectivity index (χ3n) is 3.94. The Morgan fingerprint density at radius 2 is 1.56 bits per heavy atom. The molecular formula is C21H19N3O3. The van der Waals surface area contributed by atoms with Crippen LogP contribution in [0.4, 0.5) is 5.69 Å². The van der Waals surface area contributed by atoms with Crippen molar-refractivity contribution in [3.05, 3.63) is 89.4 Å². The van der Waals surface area contributed by atoms with Gasteiger partial charge in [0.25, 0.3) is 11.8 Å². The predicted octanol–water partition coefficient (Wildman–Crippen LogP) is 3.99. The number of nitrogens with one attached hydrogen (secondary N) is 2. The highest BCUT2D eigenvalue weighted by Crippen LogP contribution is 2.12. The van der Waals surface area contributed by atoms with E-state index >= 15 is 0 Å². The van der Waals surface area contributed by atoms with Crippen molar-refractivity contribution in [1.29, 1.82) is 0 Å². The highest BCUT2D eigenvalue weighted by Gasteiger charge is 2.09. The van der Waals surface area contributed by atoms with Crippen LogP contribution >= 0.6 is 0 Å². The van der Waals surface area contributed by atoms with Gasteiger partial charge in [-0.3, -0.25) is 9.59 Å². The number of rotatable bonds is 5. The molecule has 0 aliphatic rings. The number of hydrazone groups is 1. The van der Waals surface area contributed by atoms with Crippen LogP contribution in [-0.4, -0.2) is 17.5 Å². The number of carbonyl (C=O) groups excluding carboxylic acids is 2. The number of hydrogen-bond acceptors (Lipinski definition) is 4. The van der Waals surface area contributed by atoms with Crippen LogP contribution in [0.5, 0.6) is 0 Å². The van der Waals surface area contributed by atoms with E-state index in [9.17, 15) is 9.59 Å². The zero-order valence-electron chi connectivity index (χ0n) is 15.0. The van der Waals surface area contributed by atoms with Crippen molar-refractivity contribution in [1.82, 2.24) is 5.43 Å². The molecule has 0 radical (unpaired) electrons. The molecule has 6 nitrogen and oxygen atoms in total. The Bertz CT molecular complexity index is 957. The fraction of sp³-hybridized carbons (Fsp3) is 0.0952. The number of nitrogens with zero attached hydrogens (tertiary/aromatic N) is 1. The summed E-state index contributed by atoms with van der Waals surface area (Å²) >= 11 is 0. The van der Waals surface area contributed by atoms with Crippen LogP contribution in [0.25, 0.3) is 0 Å². The first-order chi connectivity index (χ1) is 13.0. The molecule has 0 aliphatic heterocycles. The summed E-state index contributed by atoms with van der Waals surface area (Å²) in [5.41, 5.74) is 6.30. The number of aryl methyl sites for hydroxylation is 1. The second-order valence-corrected chi connectivity index (χ2v) is 6.01. The van der Waals surface area contributed by atoms with Gasteiger partial charge >= 0.3 is 0 Å². The molecule has 27 heavy (non-hydrogen) atoms. The third-order valence-corrected chi connectivity index (χ3v) is 3.94. The van der Waals surface area contributed by atoms with E-state index in [1.165, 1.54) is 6.26 Å². The summed E-state index contributed by atoms with van der Waals surface area (Å²) in [6.45, 7) is 3.76. The van der Waals surface area contributed by atoms with E-state index < -0.39 is 0 Å². The van der Waals surface area contributed by atoms with E-state index in [1.807, 2.05) is 31.2 Å². The zero-order chi connectivity index (χ0) is 19.2. The van der Waals surface area contributed by atoms with E-state index in [0.29, 0.717) is 17.0 Å². The Labute approximate surface area is 156 Å². The summed E-state index contributed by atoms with van der Waals surface area (Å²) in [6, 6.07) is 17.7. The molecule has 0 bridgehead atoms. The molecule has 3 rings (SSSR count). The van der Waals surface area contributed by atoms with Crippen LogP contribution in [0.3, 0.4) is 0 Å². The lowest BCUT2D eigenvalue weighted by atomic mass is 10.1. The molecule has 0 fully saturated rings. The summed E-state index contributed by atoms with van der Waals surface area (Å²) in [7, 11) is 0. The van der Waals surface area contributed by atoms with Gasteiger partial charge < -0.3 is 9.73 Å². The molecule has 0 unspecified atom stereocenters. The molecule has 2 aromatic carbocycles. The van der Waals surface area contributed by atoms with Crippen molar-refractivity contribution in [3.8, 4) is 0 Å². The van der Waals surface area contributed by atoms with Crippen molar-refractivity contribution in [2.24, 2.45) is 5.10 Å². The number of amides is 2. The average molecular weight is 361 g/mol. The largest absolute Gasteiger partial charge is 0.459 e. The minimum Gasteiger partial charge on any atom is -0.459 e. The highest BCUT2D eigenvalue weighted by molar-refractivity contribution is 6.03. The minimum absolute atomic E-state index is 0.246. The molecule has 0 aliphatic carbocycles. The molecule has 0 atom stereocenters. The Balaban J connectivity index is 1.62. The molecule has 3 aromatic rings. The van der Waals surface area contributed by atoms with Crippen molar-refractivity contribution < 1.29 is 14.0 Å². The van der Waals surface area contributed by atoms with Gasteiger partial charge in [0, 0.05) is 11.3 Å². The maximum Gasteiger partial charge on any atom is 0.291 e. The van der Waals surface area contributed by atoms with Crippen molar-refractivity contribution in [3.63, 3.8) is 0 Å². The van der Waals surface area contributed by atoms with Crippen LogP contribution < -0.4 is 10.7 Å². The predicted molar refractivity (Wildman–Crippen MR) is 104 cm³/mol. The lowest BCUT2D eigenvalue weighted by molar-refractivity contribution is 0.0953. The molecular weight excluding hydrogens is 342 g/mol. The maximum atomic E-state index is 12.1. The van der Waals surface area contributed by atoms with E-state index in [4.69, 9.17) is 4.42 Å². The second-order valence-electron chi connectivity index (χ2n) is 6.01. The van der Waals surface area contributed by atoms with Gasteiger partial charge in [0.1, 0.15) is 0 Å². The SMILES string of the molecule is C/C(=N\NC(=O)c1ccc(C)cc1)c1ccc(NC(=O)c2ccco2)cc1. The van der Waals surface area contributed by atoms with Crippen LogP contribution in [0.15, 0.2) is 76.4 Å². The van der Waals surface area contributed by atoms with Crippen LogP contribution in [0.2, 0.25) is 0 Å². The van der Waals surface area contributed by atoms with Crippen LogP contribution in [-0.2, 0) is 0 Å². The first-order valence-electron chi connectivity index (χ1n) is 8.39. The summed E-state index contributed by atoms with van der Waals surface area (Å²) in [5.74, 6) is -0.337. The van der Waals surface area contributed by atoms with Gasteiger partial charge in [0.15, 0.2) is 5.76 Å². The molecule has 0 saturated carbocycles. The fourth-order valence-electron chi connectivity index (χ4n) is 2.36. The summed E-state index contributed by atoms with van der Waals surface area (Å²) in [5, 5.41) is 6.88. The second kappa shape index (κ2) is 8.14. The van der Waals surface area contributed by atoms with Crippen LogP contribution in [0.1, 0.15) is 39.0 Å². The molecule has 136 valence electrons. The van der Waals surface area contributed by atoms with Gasteiger partial charge in [0.05, 0.1) is 12.0 Å². The summed E-state index contributed by atoms with van der Waals surface area (Å²) in [4.78, 5) is 24.1. The standard InChI is InChI=1S/C21H19N3O3/c1-14-5-7-17(8-6-14)20(25)24-23-15(2)16-9-11-18(12-10-16)22-21(26)19-4-3-13-27-19/h3-13H,1-2H3,(H,22,26)(H,24,25)/b23-15+. The Morgan fingerprint density at radius 1 is 0.889 bits per heavy atom. The molecule has 0 saturated heterocycles. The topological polar surface area (TPSA) is 83.7 Å². The lowest BCUT2D eigenvalue weighted by Gasteiger charge is -2.06. The molecule has 2 N–H and O–H groups in total. The van der Waals surface area contributed by atoms with Gasteiger partial charge in [-0.05, 0) is 55.8 Å². The number of anilines is 1. The number of carbonyl (C=O) groups is 2. The van der Waals surface area contributed by atoms with Gasteiger partial charge in [-0.25, -0.2) is 5.43 Å². The molecule has 0 spiro atoms. The van der Waals surface area contributed by atoms with Gasteiger partial charge in [-0.1, -0.05) is 29.8 Å². The molecule has 6 heteroatoms. The smallest absolute Gasteiger partial charge is 0.291 e. The Hall–Kier alpha value is -3.67. The van der Waals surface area contributed by atoms with E-state index in [2.05, 4.69) is 15.8 Å². The van der Waals surface area contributed by atoms with E-state index in [1.54, 1.807) is 43.3 Å². The first kappa shape index (κ1) is 18.1. The number of hydrogen-bond donors (Lipinski definition) is 2. The van der Waals surface area contributed by atoms with E-state index in [0.717, 1.165) is 11.1 Å².